The minimum absolute atomic E-state index is 0.236. The maximum atomic E-state index is 4.31. The van der Waals surface area contributed by atoms with Crippen molar-refractivity contribution in [2.24, 2.45) is 0 Å². The lowest BCUT2D eigenvalue weighted by Gasteiger charge is -2.19. The highest BCUT2D eigenvalue weighted by Gasteiger charge is 2.18. The van der Waals surface area contributed by atoms with Crippen LogP contribution in [-0.4, -0.2) is 11.5 Å². The van der Waals surface area contributed by atoms with E-state index in [-0.39, 0.29) is 6.04 Å². The molecule has 0 aliphatic carbocycles. The van der Waals surface area contributed by atoms with Crippen molar-refractivity contribution in [1.82, 2.24) is 10.3 Å². The predicted octanol–water partition coefficient (Wildman–Crippen LogP) is 4.61. The van der Waals surface area contributed by atoms with Gasteiger partial charge in [-0.3, -0.25) is 4.98 Å². The van der Waals surface area contributed by atoms with E-state index in [1.165, 1.54) is 31.7 Å². The molecule has 0 amide bonds. The van der Waals surface area contributed by atoms with Gasteiger partial charge >= 0.3 is 0 Å². The fourth-order valence-electron chi connectivity index (χ4n) is 2.70. The van der Waals surface area contributed by atoms with E-state index in [4.69, 9.17) is 0 Å². The van der Waals surface area contributed by atoms with Crippen LogP contribution < -0.4 is 5.32 Å². The molecule has 0 saturated carbocycles. The fourth-order valence-corrected chi connectivity index (χ4v) is 3.84. The molecule has 0 saturated heterocycles. The number of nitrogens with one attached hydrogen (secondary N) is 1. The van der Waals surface area contributed by atoms with Gasteiger partial charge in [-0.25, -0.2) is 0 Å². The first-order valence-corrected chi connectivity index (χ1v) is 8.15. The molecule has 3 heteroatoms. The van der Waals surface area contributed by atoms with Crippen LogP contribution in [0.2, 0.25) is 0 Å². The summed E-state index contributed by atoms with van der Waals surface area (Å²) in [6.45, 7) is 7.47. The number of pyridine rings is 1. The first-order chi connectivity index (χ1) is 10.2. The summed E-state index contributed by atoms with van der Waals surface area (Å²) in [7, 11) is 0. The molecule has 0 fully saturated rings. The Morgan fingerprint density at radius 3 is 2.81 bits per heavy atom. The Morgan fingerprint density at radius 2 is 2.10 bits per heavy atom. The quantitative estimate of drug-likeness (QED) is 0.760. The molecule has 2 nitrogen and oxygen atoms in total. The Balaban J connectivity index is 2.15. The molecule has 3 rings (SSSR count). The van der Waals surface area contributed by atoms with E-state index in [0.29, 0.717) is 0 Å². The number of benzene rings is 1. The van der Waals surface area contributed by atoms with E-state index in [1.54, 1.807) is 0 Å². The second-order valence-corrected chi connectivity index (χ2v) is 6.61. The molecule has 0 spiro atoms. The number of hydrogen-bond donors (Lipinski definition) is 1. The summed E-state index contributed by atoms with van der Waals surface area (Å²) in [5.74, 6) is 0. The minimum Gasteiger partial charge on any atom is -0.306 e. The highest BCUT2D eigenvalue weighted by Crippen LogP contribution is 2.33. The molecule has 1 atom stereocenters. The van der Waals surface area contributed by atoms with Gasteiger partial charge in [-0.15, -0.1) is 11.3 Å². The number of aromatic nitrogens is 1. The van der Waals surface area contributed by atoms with Gasteiger partial charge in [0.25, 0.3) is 0 Å². The van der Waals surface area contributed by atoms with Gasteiger partial charge in [-0.1, -0.05) is 25.1 Å². The van der Waals surface area contributed by atoms with E-state index >= 15 is 0 Å². The maximum Gasteiger partial charge on any atom is 0.0677 e. The van der Waals surface area contributed by atoms with Gasteiger partial charge in [0.2, 0.25) is 0 Å². The third kappa shape index (κ3) is 2.71. The smallest absolute Gasteiger partial charge is 0.0677 e. The van der Waals surface area contributed by atoms with Crippen molar-refractivity contribution in [1.29, 1.82) is 0 Å². The first-order valence-electron chi connectivity index (χ1n) is 7.33. The minimum atomic E-state index is 0.236. The van der Waals surface area contributed by atoms with Gasteiger partial charge in [0.1, 0.15) is 0 Å². The summed E-state index contributed by atoms with van der Waals surface area (Å²) >= 11 is 1.88. The van der Waals surface area contributed by atoms with Crippen LogP contribution in [0.5, 0.6) is 0 Å². The second-order valence-electron chi connectivity index (χ2n) is 5.32. The zero-order chi connectivity index (χ0) is 14.8. The lowest BCUT2D eigenvalue weighted by molar-refractivity contribution is 0.643. The van der Waals surface area contributed by atoms with Gasteiger partial charge < -0.3 is 5.32 Å². The van der Waals surface area contributed by atoms with Crippen molar-refractivity contribution in [3.63, 3.8) is 0 Å². The number of fused-ring (bicyclic) bond motifs is 1. The van der Waals surface area contributed by atoms with Gasteiger partial charge in [0.15, 0.2) is 0 Å². The van der Waals surface area contributed by atoms with Crippen LogP contribution in [0.1, 0.15) is 33.8 Å². The van der Waals surface area contributed by atoms with Crippen LogP contribution in [0, 0.1) is 13.8 Å². The second kappa shape index (κ2) is 5.96. The standard InChI is InChI=1S/C18H20N2S/c1-4-20-18(17-10-12(2)13(3)21-17)15-7-5-6-14-8-9-19-11-16(14)15/h5-11,18,20H,4H2,1-3H3. The molecule has 0 aliphatic rings. The number of thiophene rings is 1. The Bertz CT molecular complexity index is 736. The summed E-state index contributed by atoms with van der Waals surface area (Å²) < 4.78 is 0. The van der Waals surface area contributed by atoms with Crippen molar-refractivity contribution in [3.05, 3.63) is 63.6 Å². The third-order valence-electron chi connectivity index (χ3n) is 3.91. The number of rotatable bonds is 4. The summed E-state index contributed by atoms with van der Waals surface area (Å²) in [5.41, 5.74) is 2.68. The first kappa shape index (κ1) is 14.2. The van der Waals surface area contributed by atoms with Crippen LogP contribution in [0.4, 0.5) is 0 Å². The number of aryl methyl sites for hydroxylation is 2. The maximum absolute atomic E-state index is 4.31. The SMILES string of the molecule is CCNC(c1cc(C)c(C)s1)c1cccc2ccncc12. The van der Waals surface area contributed by atoms with Crippen molar-refractivity contribution in [3.8, 4) is 0 Å². The van der Waals surface area contributed by atoms with Gasteiger partial charge in [-0.2, -0.15) is 0 Å². The highest BCUT2D eigenvalue weighted by atomic mass is 32.1. The molecule has 1 N–H and O–H groups in total. The number of hydrogen-bond acceptors (Lipinski definition) is 3. The normalized spacial score (nSPS) is 12.7. The zero-order valence-corrected chi connectivity index (χ0v) is 13.5. The van der Waals surface area contributed by atoms with Crippen LogP contribution in [-0.2, 0) is 0 Å². The summed E-state index contributed by atoms with van der Waals surface area (Å²) in [5, 5.41) is 6.11. The van der Waals surface area contributed by atoms with Crippen molar-refractivity contribution >= 4 is 22.1 Å². The third-order valence-corrected chi connectivity index (χ3v) is 5.12. The molecule has 1 aromatic carbocycles. The predicted molar refractivity (Wildman–Crippen MR) is 91.1 cm³/mol. The highest BCUT2D eigenvalue weighted by molar-refractivity contribution is 7.12. The van der Waals surface area contributed by atoms with Crippen LogP contribution in [0.15, 0.2) is 42.7 Å². The molecule has 1 unspecified atom stereocenters. The average Bonchev–Trinajstić information content (AvgIpc) is 2.84. The monoisotopic (exact) mass is 296 g/mol. The van der Waals surface area contributed by atoms with Crippen molar-refractivity contribution in [2.45, 2.75) is 26.8 Å². The summed E-state index contributed by atoms with van der Waals surface area (Å²) in [6.07, 6.45) is 3.83. The Kier molecular flexibility index (Phi) is 4.04. The van der Waals surface area contributed by atoms with Crippen molar-refractivity contribution < 1.29 is 0 Å². The van der Waals surface area contributed by atoms with E-state index in [2.05, 4.69) is 61.4 Å². The van der Waals surface area contributed by atoms with Crippen molar-refractivity contribution in [2.75, 3.05) is 6.54 Å². The Morgan fingerprint density at radius 1 is 1.24 bits per heavy atom. The molecule has 0 radical (unpaired) electrons. The van der Waals surface area contributed by atoms with Gasteiger partial charge in [0, 0.05) is 27.5 Å². The zero-order valence-electron chi connectivity index (χ0n) is 12.7. The summed E-state index contributed by atoms with van der Waals surface area (Å²) in [4.78, 5) is 7.08. The topological polar surface area (TPSA) is 24.9 Å². The lowest BCUT2D eigenvalue weighted by atomic mass is 9.98. The molecular weight excluding hydrogens is 276 g/mol. The molecule has 21 heavy (non-hydrogen) atoms. The van der Waals surface area contributed by atoms with Crippen LogP contribution in [0.3, 0.4) is 0 Å². The van der Waals surface area contributed by atoms with E-state index in [1.807, 2.05) is 23.7 Å². The molecule has 0 aliphatic heterocycles. The largest absolute Gasteiger partial charge is 0.306 e. The molecule has 108 valence electrons. The Hall–Kier alpha value is -1.71. The van der Waals surface area contributed by atoms with E-state index in [0.717, 1.165) is 6.54 Å². The molecule has 3 aromatic rings. The fraction of sp³-hybridized carbons (Fsp3) is 0.278. The van der Waals surface area contributed by atoms with E-state index < -0.39 is 0 Å². The van der Waals surface area contributed by atoms with Crippen LogP contribution in [0.25, 0.3) is 10.8 Å². The van der Waals surface area contributed by atoms with E-state index in [9.17, 15) is 0 Å². The molecule has 2 aromatic heterocycles. The summed E-state index contributed by atoms with van der Waals surface area (Å²) in [6, 6.07) is 11.1. The Labute approximate surface area is 129 Å². The molecule has 2 heterocycles. The van der Waals surface area contributed by atoms with Gasteiger partial charge in [-0.05, 0) is 49.0 Å². The molecular formula is C18H20N2S. The average molecular weight is 296 g/mol. The van der Waals surface area contributed by atoms with Crippen LogP contribution >= 0.6 is 11.3 Å². The van der Waals surface area contributed by atoms with Gasteiger partial charge in [0.05, 0.1) is 6.04 Å². The number of nitrogens with zero attached hydrogens (tertiary/aromatic N) is 1. The lowest BCUT2D eigenvalue weighted by Crippen LogP contribution is -2.21. The molecule has 0 bridgehead atoms.